The predicted molar refractivity (Wildman–Crippen MR) is 70.1 cm³/mol. The molecule has 2 rings (SSSR count). The predicted octanol–water partition coefficient (Wildman–Crippen LogP) is -0.898. The third-order valence-corrected chi connectivity index (χ3v) is 3.88. The van der Waals surface area contributed by atoms with Crippen molar-refractivity contribution in [1.82, 2.24) is 20.0 Å². The monoisotopic (exact) mass is 270 g/mol. The topological polar surface area (TPSA) is 76.1 Å². The molecular weight excluding hydrogens is 248 g/mol. The van der Waals surface area contributed by atoms with Gasteiger partial charge in [-0.1, -0.05) is 0 Å². The molecule has 2 saturated heterocycles. The van der Waals surface area contributed by atoms with Gasteiger partial charge in [-0.3, -0.25) is 9.69 Å². The van der Waals surface area contributed by atoms with Crippen molar-refractivity contribution < 1.29 is 14.7 Å². The lowest BCUT2D eigenvalue weighted by molar-refractivity contribution is -0.143. The van der Waals surface area contributed by atoms with Gasteiger partial charge in [-0.25, -0.2) is 4.79 Å². The lowest BCUT2D eigenvalue weighted by Gasteiger charge is -2.39. The lowest BCUT2D eigenvalue weighted by atomic mass is 10.2. The summed E-state index contributed by atoms with van der Waals surface area (Å²) in [5.41, 5.74) is 0. The number of aliphatic carboxylic acids is 1. The summed E-state index contributed by atoms with van der Waals surface area (Å²) < 4.78 is 0. The Bertz CT molecular complexity index is 336. The molecule has 0 aliphatic carbocycles. The first-order valence-electron chi connectivity index (χ1n) is 6.81. The summed E-state index contributed by atoms with van der Waals surface area (Å²) >= 11 is 0. The minimum absolute atomic E-state index is 0.0872. The summed E-state index contributed by atoms with van der Waals surface area (Å²) in [5.74, 6) is -0.804. The SMILES string of the molecule is CC(C(=O)O)N1CCN(C(=O)N2CCNCC2)CC1. The molecule has 1 unspecified atom stereocenters. The maximum absolute atomic E-state index is 12.3. The van der Waals surface area contributed by atoms with Gasteiger partial charge in [0, 0.05) is 52.4 Å². The Morgan fingerprint density at radius 2 is 1.53 bits per heavy atom. The number of carboxylic acid groups (broad SMARTS) is 1. The molecule has 0 aromatic rings. The second-order valence-electron chi connectivity index (χ2n) is 5.06. The molecule has 2 fully saturated rings. The summed E-state index contributed by atoms with van der Waals surface area (Å²) in [6.45, 7) is 7.38. The fourth-order valence-electron chi connectivity index (χ4n) is 2.51. The number of rotatable bonds is 2. The molecule has 7 nitrogen and oxygen atoms in total. The van der Waals surface area contributed by atoms with Crippen molar-refractivity contribution >= 4 is 12.0 Å². The van der Waals surface area contributed by atoms with Gasteiger partial charge in [-0.2, -0.15) is 0 Å². The summed E-state index contributed by atoms with van der Waals surface area (Å²) in [7, 11) is 0. The van der Waals surface area contributed by atoms with E-state index in [0.717, 1.165) is 26.2 Å². The fourth-order valence-corrected chi connectivity index (χ4v) is 2.51. The molecule has 108 valence electrons. The number of nitrogens with zero attached hydrogens (tertiary/aromatic N) is 3. The van der Waals surface area contributed by atoms with E-state index in [1.165, 1.54) is 0 Å². The highest BCUT2D eigenvalue weighted by molar-refractivity contribution is 5.75. The van der Waals surface area contributed by atoms with Gasteiger partial charge in [0.05, 0.1) is 0 Å². The molecule has 0 bridgehead atoms. The zero-order valence-corrected chi connectivity index (χ0v) is 11.3. The van der Waals surface area contributed by atoms with Gasteiger partial charge in [0.15, 0.2) is 0 Å². The van der Waals surface area contributed by atoms with E-state index in [-0.39, 0.29) is 6.03 Å². The summed E-state index contributed by atoms with van der Waals surface area (Å²) in [6, 6.07) is -0.388. The van der Waals surface area contributed by atoms with Crippen LogP contribution in [0.4, 0.5) is 4.79 Å². The highest BCUT2D eigenvalue weighted by atomic mass is 16.4. The van der Waals surface area contributed by atoms with Crippen LogP contribution in [0.2, 0.25) is 0 Å². The number of carbonyl (C=O) groups is 2. The van der Waals surface area contributed by atoms with Crippen molar-refractivity contribution in [2.45, 2.75) is 13.0 Å². The first-order valence-corrected chi connectivity index (χ1v) is 6.81. The Labute approximate surface area is 113 Å². The number of nitrogens with one attached hydrogen (secondary N) is 1. The third kappa shape index (κ3) is 3.36. The number of piperazine rings is 2. The van der Waals surface area contributed by atoms with E-state index < -0.39 is 12.0 Å². The van der Waals surface area contributed by atoms with Crippen LogP contribution in [0.3, 0.4) is 0 Å². The molecule has 2 aliphatic heterocycles. The standard InChI is InChI=1S/C12H22N4O3/c1-10(11(17)18)14-6-8-16(9-7-14)12(19)15-4-2-13-3-5-15/h10,13H,2-9H2,1H3,(H,17,18). The minimum Gasteiger partial charge on any atom is -0.480 e. The Hall–Kier alpha value is -1.34. The summed E-state index contributed by atoms with van der Waals surface area (Å²) in [4.78, 5) is 28.8. The molecule has 0 aromatic carbocycles. The number of hydrogen-bond donors (Lipinski definition) is 2. The molecule has 2 amide bonds. The van der Waals surface area contributed by atoms with Crippen LogP contribution in [0.5, 0.6) is 0 Å². The molecule has 0 radical (unpaired) electrons. The molecule has 2 heterocycles. The number of carbonyl (C=O) groups excluding carboxylic acids is 1. The highest BCUT2D eigenvalue weighted by Gasteiger charge is 2.29. The van der Waals surface area contributed by atoms with Crippen molar-refractivity contribution in [2.75, 3.05) is 52.4 Å². The van der Waals surface area contributed by atoms with Crippen LogP contribution in [0.1, 0.15) is 6.92 Å². The largest absolute Gasteiger partial charge is 0.480 e. The van der Waals surface area contributed by atoms with Gasteiger partial charge in [-0.05, 0) is 6.92 Å². The molecule has 2 aliphatic rings. The highest BCUT2D eigenvalue weighted by Crippen LogP contribution is 2.09. The minimum atomic E-state index is -0.804. The van der Waals surface area contributed by atoms with E-state index in [4.69, 9.17) is 5.11 Å². The van der Waals surface area contributed by atoms with Gasteiger partial charge < -0.3 is 20.2 Å². The maximum Gasteiger partial charge on any atom is 0.320 e. The zero-order valence-electron chi connectivity index (χ0n) is 11.3. The number of amides is 2. The second kappa shape index (κ2) is 6.21. The van der Waals surface area contributed by atoms with E-state index in [1.54, 1.807) is 6.92 Å². The molecule has 19 heavy (non-hydrogen) atoms. The van der Waals surface area contributed by atoms with Crippen LogP contribution < -0.4 is 5.32 Å². The lowest BCUT2D eigenvalue weighted by Crippen LogP contribution is -2.58. The molecule has 7 heteroatoms. The molecule has 0 spiro atoms. The first kappa shape index (κ1) is 14.1. The van der Waals surface area contributed by atoms with Crippen LogP contribution in [0, 0.1) is 0 Å². The molecular formula is C12H22N4O3. The Kier molecular flexibility index (Phi) is 4.60. The van der Waals surface area contributed by atoms with Gasteiger partial charge in [0.25, 0.3) is 0 Å². The average Bonchev–Trinajstić information content (AvgIpc) is 2.46. The normalized spacial score (nSPS) is 23.2. The molecule has 1 atom stereocenters. The Morgan fingerprint density at radius 3 is 2.05 bits per heavy atom. The molecule has 0 aromatic heterocycles. The van der Waals surface area contributed by atoms with Crippen LogP contribution in [0.15, 0.2) is 0 Å². The second-order valence-corrected chi connectivity index (χ2v) is 5.06. The van der Waals surface area contributed by atoms with Crippen LogP contribution in [-0.4, -0.2) is 90.2 Å². The van der Waals surface area contributed by atoms with Crippen LogP contribution >= 0.6 is 0 Å². The maximum atomic E-state index is 12.3. The average molecular weight is 270 g/mol. The van der Waals surface area contributed by atoms with Crippen molar-refractivity contribution in [3.8, 4) is 0 Å². The van der Waals surface area contributed by atoms with E-state index in [1.807, 2.05) is 14.7 Å². The van der Waals surface area contributed by atoms with Gasteiger partial charge >= 0.3 is 12.0 Å². The number of hydrogen-bond acceptors (Lipinski definition) is 4. The van der Waals surface area contributed by atoms with E-state index in [0.29, 0.717) is 26.2 Å². The van der Waals surface area contributed by atoms with Crippen molar-refractivity contribution in [1.29, 1.82) is 0 Å². The zero-order chi connectivity index (χ0) is 13.8. The van der Waals surface area contributed by atoms with Crippen LogP contribution in [0.25, 0.3) is 0 Å². The third-order valence-electron chi connectivity index (χ3n) is 3.88. The molecule has 0 saturated carbocycles. The van der Waals surface area contributed by atoms with Gasteiger partial charge in [-0.15, -0.1) is 0 Å². The van der Waals surface area contributed by atoms with Crippen molar-refractivity contribution in [2.24, 2.45) is 0 Å². The van der Waals surface area contributed by atoms with Gasteiger partial charge in [0.2, 0.25) is 0 Å². The summed E-state index contributed by atoms with van der Waals surface area (Å²) in [6.07, 6.45) is 0. The summed E-state index contributed by atoms with van der Waals surface area (Å²) in [5, 5.41) is 12.2. The van der Waals surface area contributed by atoms with Crippen LogP contribution in [-0.2, 0) is 4.79 Å². The van der Waals surface area contributed by atoms with E-state index >= 15 is 0 Å². The first-order chi connectivity index (χ1) is 9.09. The van der Waals surface area contributed by atoms with E-state index in [2.05, 4.69) is 5.32 Å². The number of carboxylic acids is 1. The van der Waals surface area contributed by atoms with Crippen molar-refractivity contribution in [3.05, 3.63) is 0 Å². The van der Waals surface area contributed by atoms with Gasteiger partial charge in [0.1, 0.15) is 6.04 Å². The smallest absolute Gasteiger partial charge is 0.320 e. The number of urea groups is 1. The molecule has 2 N–H and O–H groups in total. The fraction of sp³-hybridized carbons (Fsp3) is 0.833. The quantitative estimate of drug-likeness (QED) is 0.680. The van der Waals surface area contributed by atoms with Crippen molar-refractivity contribution in [3.63, 3.8) is 0 Å². The Balaban J connectivity index is 1.82. The van der Waals surface area contributed by atoms with E-state index in [9.17, 15) is 9.59 Å². The Morgan fingerprint density at radius 1 is 1.00 bits per heavy atom.